The molecular weight excluding hydrogens is 222 g/mol. The Labute approximate surface area is 110 Å². The normalized spacial score (nSPS) is 12.4. The lowest BCUT2D eigenvalue weighted by molar-refractivity contribution is 0.275. The summed E-state index contributed by atoms with van der Waals surface area (Å²) in [5.74, 6) is 0.633. The van der Waals surface area contributed by atoms with E-state index in [1.54, 1.807) is 0 Å². The van der Waals surface area contributed by atoms with Crippen molar-refractivity contribution in [3.05, 3.63) is 35.4 Å². The van der Waals surface area contributed by atoms with Crippen molar-refractivity contribution in [3.8, 4) is 6.07 Å². The van der Waals surface area contributed by atoms with E-state index >= 15 is 0 Å². The van der Waals surface area contributed by atoms with E-state index in [-0.39, 0.29) is 0 Å². The smallest absolute Gasteiger partial charge is 0.0991 e. The molecule has 98 valence electrons. The van der Waals surface area contributed by atoms with Gasteiger partial charge >= 0.3 is 0 Å². The lowest BCUT2D eigenvalue weighted by Crippen LogP contribution is -2.30. The Balaban J connectivity index is 2.44. The molecule has 0 radical (unpaired) electrons. The lowest BCUT2D eigenvalue weighted by atomic mass is 10.1. The molecule has 3 heteroatoms. The van der Waals surface area contributed by atoms with Gasteiger partial charge in [0.2, 0.25) is 0 Å². The van der Waals surface area contributed by atoms with Gasteiger partial charge in [-0.15, -0.1) is 0 Å². The van der Waals surface area contributed by atoms with Gasteiger partial charge < -0.3 is 10.2 Å². The summed E-state index contributed by atoms with van der Waals surface area (Å²) in [4.78, 5) is 2.30. The topological polar surface area (TPSA) is 39.1 Å². The van der Waals surface area contributed by atoms with Crippen molar-refractivity contribution in [1.82, 2.24) is 10.2 Å². The predicted molar refractivity (Wildman–Crippen MR) is 75.2 cm³/mol. The molecule has 0 amide bonds. The maximum atomic E-state index is 8.87. The van der Waals surface area contributed by atoms with Crippen LogP contribution >= 0.6 is 0 Å². The molecule has 0 aliphatic rings. The molecule has 1 N–H and O–H groups in total. The summed E-state index contributed by atoms with van der Waals surface area (Å²) >= 11 is 0. The highest BCUT2D eigenvalue weighted by Gasteiger charge is 2.06. The van der Waals surface area contributed by atoms with E-state index in [0.29, 0.717) is 5.92 Å². The molecule has 1 aromatic carbocycles. The first-order valence-corrected chi connectivity index (χ1v) is 6.54. The number of nitriles is 1. The van der Waals surface area contributed by atoms with Crippen LogP contribution < -0.4 is 5.32 Å². The van der Waals surface area contributed by atoms with Crippen molar-refractivity contribution in [2.45, 2.75) is 20.4 Å². The van der Waals surface area contributed by atoms with Gasteiger partial charge in [0.1, 0.15) is 0 Å². The van der Waals surface area contributed by atoms with Gasteiger partial charge in [-0.1, -0.05) is 26.0 Å². The van der Waals surface area contributed by atoms with Crippen LogP contribution in [0.3, 0.4) is 0 Å². The third-order valence-electron chi connectivity index (χ3n) is 2.87. The highest BCUT2D eigenvalue weighted by molar-refractivity contribution is 5.32. The molecule has 0 bridgehead atoms. The summed E-state index contributed by atoms with van der Waals surface area (Å²) in [6.45, 7) is 8.42. The summed E-state index contributed by atoms with van der Waals surface area (Å²) in [5.41, 5.74) is 1.94. The average molecular weight is 245 g/mol. The number of nitrogens with one attached hydrogen (secondary N) is 1. The Morgan fingerprint density at radius 3 is 2.89 bits per heavy atom. The summed E-state index contributed by atoms with van der Waals surface area (Å²) in [6, 6.07) is 10.0. The van der Waals surface area contributed by atoms with Gasteiger partial charge in [-0.05, 0) is 43.8 Å². The Hall–Kier alpha value is -1.37. The number of hydrogen-bond donors (Lipinski definition) is 1. The molecule has 0 heterocycles. The van der Waals surface area contributed by atoms with Gasteiger partial charge in [0.05, 0.1) is 11.6 Å². The summed E-state index contributed by atoms with van der Waals surface area (Å²) < 4.78 is 0. The number of benzene rings is 1. The van der Waals surface area contributed by atoms with Gasteiger partial charge in [-0.3, -0.25) is 0 Å². The quantitative estimate of drug-likeness (QED) is 0.800. The van der Waals surface area contributed by atoms with E-state index in [2.05, 4.69) is 43.2 Å². The molecule has 0 fully saturated rings. The first-order chi connectivity index (χ1) is 8.65. The number of hydrogen-bond acceptors (Lipinski definition) is 3. The molecule has 0 saturated carbocycles. The molecule has 0 spiro atoms. The van der Waals surface area contributed by atoms with Crippen LogP contribution in [0.5, 0.6) is 0 Å². The van der Waals surface area contributed by atoms with Gasteiger partial charge in [0, 0.05) is 13.1 Å². The van der Waals surface area contributed by atoms with E-state index in [1.807, 2.05) is 18.2 Å². The molecule has 0 saturated heterocycles. The zero-order valence-electron chi connectivity index (χ0n) is 11.6. The van der Waals surface area contributed by atoms with Crippen LogP contribution in [-0.4, -0.2) is 31.6 Å². The molecule has 1 rings (SSSR count). The van der Waals surface area contributed by atoms with Crippen LogP contribution in [0.4, 0.5) is 0 Å². The van der Waals surface area contributed by atoms with Crippen LogP contribution in [-0.2, 0) is 6.54 Å². The third kappa shape index (κ3) is 5.31. The Morgan fingerprint density at radius 1 is 1.44 bits per heavy atom. The number of rotatable bonds is 7. The van der Waals surface area contributed by atoms with Gasteiger partial charge in [0.15, 0.2) is 0 Å². The van der Waals surface area contributed by atoms with Crippen LogP contribution in [0.1, 0.15) is 25.0 Å². The Morgan fingerprint density at radius 2 is 2.22 bits per heavy atom. The monoisotopic (exact) mass is 245 g/mol. The summed E-state index contributed by atoms with van der Waals surface area (Å²) in [5, 5.41) is 12.2. The minimum Gasteiger partial charge on any atom is -0.317 e. The number of nitrogens with zero attached hydrogens (tertiary/aromatic N) is 2. The average Bonchev–Trinajstić information content (AvgIpc) is 2.36. The maximum Gasteiger partial charge on any atom is 0.0991 e. The van der Waals surface area contributed by atoms with E-state index < -0.39 is 0 Å². The minimum absolute atomic E-state index is 0.633. The molecule has 18 heavy (non-hydrogen) atoms. The highest BCUT2D eigenvalue weighted by Crippen LogP contribution is 2.08. The van der Waals surface area contributed by atoms with Crippen molar-refractivity contribution in [3.63, 3.8) is 0 Å². The van der Waals surface area contributed by atoms with Crippen molar-refractivity contribution in [2.24, 2.45) is 5.92 Å². The van der Waals surface area contributed by atoms with Crippen LogP contribution in [0, 0.1) is 17.2 Å². The standard InChI is InChI=1S/C15H23N3/c1-4-17-10-13(2)11-18(3)12-15-7-5-6-14(8-15)9-16/h5-8,13,17H,4,10-12H2,1-3H3. The fraction of sp³-hybridized carbons (Fsp3) is 0.533. The Kier molecular flexibility index (Phi) is 6.42. The largest absolute Gasteiger partial charge is 0.317 e. The first-order valence-electron chi connectivity index (χ1n) is 6.54. The second-order valence-corrected chi connectivity index (χ2v) is 4.92. The van der Waals surface area contributed by atoms with Crippen LogP contribution in [0.25, 0.3) is 0 Å². The predicted octanol–water partition coefficient (Wildman–Crippen LogP) is 2.24. The SMILES string of the molecule is CCNCC(C)CN(C)Cc1cccc(C#N)c1. The summed E-state index contributed by atoms with van der Waals surface area (Å²) in [6.07, 6.45) is 0. The van der Waals surface area contributed by atoms with Crippen molar-refractivity contribution in [1.29, 1.82) is 5.26 Å². The van der Waals surface area contributed by atoms with Gasteiger partial charge in [-0.25, -0.2) is 0 Å². The van der Waals surface area contributed by atoms with E-state index in [1.165, 1.54) is 5.56 Å². The lowest BCUT2D eigenvalue weighted by Gasteiger charge is -2.21. The minimum atomic E-state index is 0.633. The van der Waals surface area contributed by atoms with Crippen molar-refractivity contribution < 1.29 is 0 Å². The molecule has 1 atom stereocenters. The van der Waals surface area contributed by atoms with Crippen LogP contribution in [0.15, 0.2) is 24.3 Å². The fourth-order valence-corrected chi connectivity index (χ4v) is 2.10. The third-order valence-corrected chi connectivity index (χ3v) is 2.87. The molecule has 0 aromatic heterocycles. The Bertz CT molecular complexity index is 395. The van der Waals surface area contributed by atoms with E-state index in [0.717, 1.165) is 31.7 Å². The van der Waals surface area contributed by atoms with E-state index in [4.69, 9.17) is 5.26 Å². The summed E-state index contributed by atoms with van der Waals surface area (Å²) in [7, 11) is 2.13. The van der Waals surface area contributed by atoms with Crippen molar-refractivity contribution >= 4 is 0 Å². The fourth-order valence-electron chi connectivity index (χ4n) is 2.10. The zero-order chi connectivity index (χ0) is 13.4. The molecule has 3 nitrogen and oxygen atoms in total. The van der Waals surface area contributed by atoms with Gasteiger partial charge in [0.25, 0.3) is 0 Å². The molecular formula is C15H23N3. The first kappa shape index (κ1) is 14.7. The molecule has 1 aromatic rings. The second-order valence-electron chi connectivity index (χ2n) is 4.92. The molecule has 0 aliphatic carbocycles. The van der Waals surface area contributed by atoms with Gasteiger partial charge in [-0.2, -0.15) is 5.26 Å². The molecule has 0 aliphatic heterocycles. The zero-order valence-corrected chi connectivity index (χ0v) is 11.6. The maximum absolute atomic E-state index is 8.87. The van der Waals surface area contributed by atoms with Crippen molar-refractivity contribution in [2.75, 3.05) is 26.7 Å². The molecule has 1 unspecified atom stereocenters. The second kappa shape index (κ2) is 7.86. The van der Waals surface area contributed by atoms with Crippen LogP contribution in [0.2, 0.25) is 0 Å². The highest BCUT2D eigenvalue weighted by atomic mass is 15.1. The van der Waals surface area contributed by atoms with E-state index in [9.17, 15) is 0 Å².